The normalized spacial score (nSPS) is 32.1. The van der Waals surface area contributed by atoms with Crippen molar-refractivity contribution in [2.75, 3.05) is 6.61 Å². The summed E-state index contributed by atoms with van der Waals surface area (Å²) in [6.45, 7) is 4.01. The Bertz CT molecular complexity index is 329. The van der Waals surface area contributed by atoms with Gasteiger partial charge in [-0.1, -0.05) is 6.92 Å². The Hall–Kier alpha value is -1.32. The average molecular weight is 196 g/mol. The van der Waals surface area contributed by atoms with Gasteiger partial charge in [-0.05, 0) is 6.92 Å². The van der Waals surface area contributed by atoms with Crippen molar-refractivity contribution in [2.45, 2.75) is 26.4 Å². The first-order valence-corrected chi connectivity index (χ1v) is 4.70. The lowest BCUT2D eigenvalue weighted by Crippen LogP contribution is -2.36. The molecule has 2 unspecified atom stereocenters. The van der Waals surface area contributed by atoms with Gasteiger partial charge in [0.25, 0.3) is 0 Å². The first kappa shape index (κ1) is 9.24. The Balaban J connectivity index is 2.44. The van der Waals surface area contributed by atoms with Gasteiger partial charge in [0.05, 0.1) is 0 Å². The van der Waals surface area contributed by atoms with Crippen molar-refractivity contribution in [3.8, 4) is 0 Å². The van der Waals surface area contributed by atoms with Crippen LogP contribution in [-0.4, -0.2) is 24.5 Å². The molecule has 4 nitrogen and oxygen atoms in total. The van der Waals surface area contributed by atoms with Gasteiger partial charge in [-0.15, -0.1) is 0 Å². The zero-order valence-electron chi connectivity index (χ0n) is 8.20. The first-order chi connectivity index (χ1) is 6.59. The van der Waals surface area contributed by atoms with Crippen LogP contribution in [0.4, 0.5) is 0 Å². The van der Waals surface area contributed by atoms with Crippen LogP contribution >= 0.6 is 0 Å². The minimum atomic E-state index is -0.532. The standard InChI is InChI=1S/C10H12O4/c1-5-4-13-10(12)8-7(11)3-6(2)14-9(5)8/h5-6H,3-4H2,1-2H3. The molecule has 0 radical (unpaired) electrons. The molecular weight excluding hydrogens is 184 g/mol. The Kier molecular flexibility index (Phi) is 2.06. The second-order valence-corrected chi connectivity index (χ2v) is 3.79. The molecule has 4 heteroatoms. The highest BCUT2D eigenvalue weighted by Gasteiger charge is 2.38. The molecule has 0 amide bonds. The first-order valence-electron chi connectivity index (χ1n) is 4.70. The molecule has 0 fully saturated rings. The number of cyclic esters (lactones) is 1. The molecule has 2 rings (SSSR count). The third-order valence-electron chi connectivity index (χ3n) is 2.44. The third-order valence-corrected chi connectivity index (χ3v) is 2.44. The van der Waals surface area contributed by atoms with E-state index in [-0.39, 0.29) is 29.8 Å². The number of rotatable bonds is 0. The van der Waals surface area contributed by atoms with Crippen LogP contribution in [0, 0.1) is 5.92 Å². The molecule has 0 saturated heterocycles. The van der Waals surface area contributed by atoms with Crippen molar-refractivity contribution in [3.05, 3.63) is 11.3 Å². The molecule has 14 heavy (non-hydrogen) atoms. The van der Waals surface area contributed by atoms with Crippen LogP contribution in [0.15, 0.2) is 11.3 Å². The summed E-state index contributed by atoms with van der Waals surface area (Å²) in [5.74, 6) is -0.176. The highest BCUT2D eigenvalue weighted by atomic mass is 16.5. The monoisotopic (exact) mass is 196 g/mol. The van der Waals surface area contributed by atoms with Crippen molar-refractivity contribution in [1.82, 2.24) is 0 Å². The fourth-order valence-corrected chi connectivity index (χ4v) is 1.74. The van der Waals surface area contributed by atoms with Gasteiger partial charge in [0, 0.05) is 12.3 Å². The molecule has 0 aromatic heterocycles. The van der Waals surface area contributed by atoms with Gasteiger partial charge in [-0.2, -0.15) is 0 Å². The molecule has 0 aromatic rings. The van der Waals surface area contributed by atoms with E-state index in [1.54, 1.807) is 0 Å². The number of carbonyl (C=O) groups is 2. The summed E-state index contributed by atoms with van der Waals surface area (Å²) < 4.78 is 10.4. The van der Waals surface area contributed by atoms with Crippen molar-refractivity contribution in [3.63, 3.8) is 0 Å². The van der Waals surface area contributed by atoms with Crippen LogP contribution in [0.5, 0.6) is 0 Å². The zero-order chi connectivity index (χ0) is 10.3. The Morgan fingerprint density at radius 3 is 2.71 bits per heavy atom. The number of hydrogen-bond donors (Lipinski definition) is 0. The quantitative estimate of drug-likeness (QED) is 0.425. The molecule has 2 heterocycles. The van der Waals surface area contributed by atoms with E-state index in [1.165, 1.54) is 0 Å². The molecule has 0 aromatic carbocycles. The van der Waals surface area contributed by atoms with Gasteiger partial charge in [0.2, 0.25) is 0 Å². The fourth-order valence-electron chi connectivity index (χ4n) is 1.74. The molecule has 76 valence electrons. The second kappa shape index (κ2) is 3.12. The predicted octanol–water partition coefficient (Wildman–Crippen LogP) is 0.811. The molecule has 0 N–H and O–H groups in total. The fraction of sp³-hybridized carbons (Fsp3) is 0.600. The number of carbonyl (C=O) groups excluding carboxylic acids is 2. The summed E-state index contributed by atoms with van der Waals surface area (Å²) in [5.41, 5.74) is 0.127. The number of ketones is 1. The molecule has 2 aliphatic rings. The van der Waals surface area contributed by atoms with E-state index in [1.807, 2.05) is 13.8 Å². The third kappa shape index (κ3) is 1.31. The molecule has 2 aliphatic heterocycles. The summed E-state index contributed by atoms with van der Waals surface area (Å²) in [6, 6.07) is 0. The minimum absolute atomic E-state index is 0.00519. The van der Waals surface area contributed by atoms with Gasteiger partial charge < -0.3 is 9.47 Å². The van der Waals surface area contributed by atoms with Crippen LogP contribution in [-0.2, 0) is 19.1 Å². The molecule has 0 saturated carbocycles. The Labute approximate surface area is 81.9 Å². The summed E-state index contributed by atoms with van der Waals surface area (Å²) >= 11 is 0. The summed E-state index contributed by atoms with van der Waals surface area (Å²) in [6.07, 6.45) is 0.135. The van der Waals surface area contributed by atoms with Gasteiger partial charge in [0.15, 0.2) is 5.78 Å². The lowest BCUT2D eigenvalue weighted by Gasteiger charge is -2.31. The second-order valence-electron chi connectivity index (χ2n) is 3.79. The van der Waals surface area contributed by atoms with E-state index >= 15 is 0 Å². The van der Waals surface area contributed by atoms with E-state index in [0.717, 1.165) is 0 Å². The lowest BCUT2D eigenvalue weighted by molar-refractivity contribution is -0.146. The summed E-state index contributed by atoms with van der Waals surface area (Å²) in [5, 5.41) is 0. The van der Waals surface area contributed by atoms with Crippen molar-refractivity contribution < 1.29 is 19.1 Å². The topological polar surface area (TPSA) is 52.6 Å². The predicted molar refractivity (Wildman–Crippen MR) is 47.3 cm³/mol. The Morgan fingerprint density at radius 1 is 1.29 bits per heavy atom. The summed E-state index contributed by atoms with van der Waals surface area (Å²) in [4.78, 5) is 22.9. The van der Waals surface area contributed by atoms with Gasteiger partial charge in [0.1, 0.15) is 24.0 Å². The van der Waals surface area contributed by atoms with Crippen LogP contribution in [0.1, 0.15) is 20.3 Å². The number of Topliss-reactive ketones (excluding diaryl/α,β-unsaturated/α-hetero) is 1. The highest BCUT2D eigenvalue weighted by Crippen LogP contribution is 2.30. The maximum absolute atomic E-state index is 11.6. The van der Waals surface area contributed by atoms with Gasteiger partial charge in [-0.25, -0.2) is 4.79 Å². The Morgan fingerprint density at radius 2 is 2.00 bits per heavy atom. The van der Waals surface area contributed by atoms with Crippen molar-refractivity contribution >= 4 is 11.8 Å². The average Bonchev–Trinajstić information content (AvgIpc) is 2.10. The largest absolute Gasteiger partial charge is 0.493 e. The lowest BCUT2D eigenvalue weighted by atomic mass is 9.94. The number of ether oxygens (including phenoxy) is 2. The van der Waals surface area contributed by atoms with E-state index in [4.69, 9.17) is 9.47 Å². The van der Waals surface area contributed by atoms with E-state index in [9.17, 15) is 9.59 Å². The molecule has 0 spiro atoms. The molecule has 0 bridgehead atoms. The summed E-state index contributed by atoms with van der Waals surface area (Å²) in [7, 11) is 0. The van der Waals surface area contributed by atoms with E-state index < -0.39 is 5.97 Å². The van der Waals surface area contributed by atoms with E-state index in [2.05, 4.69) is 0 Å². The highest BCUT2D eigenvalue weighted by molar-refractivity contribution is 6.18. The van der Waals surface area contributed by atoms with Crippen LogP contribution in [0.2, 0.25) is 0 Å². The smallest absolute Gasteiger partial charge is 0.345 e. The van der Waals surface area contributed by atoms with E-state index in [0.29, 0.717) is 12.4 Å². The SMILES string of the molecule is CC1CC(=O)C2=C(O1)C(C)COC2=O. The van der Waals surface area contributed by atoms with Crippen molar-refractivity contribution in [1.29, 1.82) is 0 Å². The molecular formula is C10H12O4. The maximum Gasteiger partial charge on any atom is 0.345 e. The van der Waals surface area contributed by atoms with Crippen LogP contribution in [0.3, 0.4) is 0 Å². The number of esters is 1. The van der Waals surface area contributed by atoms with Crippen LogP contribution in [0.25, 0.3) is 0 Å². The molecule has 2 atom stereocenters. The van der Waals surface area contributed by atoms with Gasteiger partial charge >= 0.3 is 5.97 Å². The maximum atomic E-state index is 11.6. The van der Waals surface area contributed by atoms with Crippen LogP contribution < -0.4 is 0 Å². The van der Waals surface area contributed by atoms with Gasteiger partial charge in [-0.3, -0.25) is 4.79 Å². The zero-order valence-corrected chi connectivity index (χ0v) is 8.20. The number of hydrogen-bond acceptors (Lipinski definition) is 4. The molecule has 0 aliphatic carbocycles. The van der Waals surface area contributed by atoms with Crippen molar-refractivity contribution in [2.24, 2.45) is 5.92 Å². The minimum Gasteiger partial charge on any atom is -0.493 e.